The van der Waals surface area contributed by atoms with Crippen molar-refractivity contribution in [3.05, 3.63) is 128 Å². The third kappa shape index (κ3) is 4.29. The molecule has 3 aliphatic carbocycles. The predicted molar refractivity (Wildman–Crippen MR) is 161 cm³/mol. The number of hydrogen-bond acceptors (Lipinski definition) is 5. The van der Waals surface area contributed by atoms with E-state index in [4.69, 9.17) is 32.7 Å². The van der Waals surface area contributed by atoms with Gasteiger partial charge < -0.3 is 9.47 Å². The SMILES string of the molecule is CCOc1cc(/C=N\N2C(=O)[C@@H]3C4c5ccccc5C(c5ccccc54)[C@@H]3C2=O)ccc1OCc1ccc(Cl)cc1Cl. The summed E-state index contributed by atoms with van der Waals surface area (Å²) in [6, 6.07) is 27.0. The molecule has 42 heavy (non-hydrogen) atoms. The highest BCUT2D eigenvalue weighted by molar-refractivity contribution is 6.35. The van der Waals surface area contributed by atoms with E-state index in [0.717, 1.165) is 32.8 Å². The number of ether oxygens (including phenoxy) is 2. The third-order valence-electron chi connectivity index (χ3n) is 8.41. The maximum absolute atomic E-state index is 13.8. The Kier molecular flexibility index (Phi) is 6.76. The number of halogens is 2. The molecule has 0 saturated carbocycles. The van der Waals surface area contributed by atoms with Gasteiger partial charge in [-0.15, -0.1) is 0 Å². The number of amides is 2. The highest BCUT2D eigenvalue weighted by atomic mass is 35.5. The van der Waals surface area contributed by atoms with Crippen molar-refractivity contribution < 1.29 is 19.1 Å². The van der Waals surface area contributed by atoms with Gasteiger partial charge >= 0.3 is 0 Å². The van der Waals surface area contributed by atoms with Gasteiger partial charge in [-0.05, 0) is 65.1 Å². The lowest BCUT2D eigenvalue weighted by molar-refractivity contribution is -0.139. The van der Waals surface area contributed by atoms with Crippen molar-refractivity contribution in [1.29, 1.82) is 0 Å². The minimum atomic E-state index is -0.473. The monoisotopic (exact) mass is 596 g/mol. The number of hydrazone groups is 1. The fraction of sp³-hybridized carbons (Fsp3) is 0.206. The van der Waals surface area contributed by atoms with Gasteiger partial charge in [-0.3, -0.25) is 9.59 Å². The molecule has 4 aromatic rings. The average molecular weight is 597 g/mol. The summed E-state index contributed by atoms with van der Waals surface area (Å²) < 4.78 is 11.8. The van der Waals surface area contributed by atoms with Crippen LogP contribution in [0.25, 0.3) is 0 Å². The number of benzene rings is 4. The maximum Gasteiger partial charge on any atom is 0.254 e. The van der Waals surface area contributed by atoms with Gasteiger partial charge in [0.1, 0.15) is 6.61 Å². The second-order valence-electron chi connectivity index (χ2n) is 10.7. The van der Waals surface area contributed by atoms with Crippen LogP contribution in [0, 0.1) is 11.8 Å². The molecule has 6 nitrogen and oxygen atoms in total. The lowest BCUT2D eigenvalue weighted by Gasteiger charge is -2.45. The van der Waals surface area contributed by atoms with E-state index in [1.807, 2.05) is 37.3 Å². The van der Waals surface area contributed by atoms with Crippen molar-refractivity contribution in [3.8, 4) is 11.5 Å². The van der Waals surface area contributed by atoms with Gasteiger partial charge in [0.2, 0.25) is 0 Å². The minimum Gasteiger partial charge on any atom is -0.490 e. The molecule has 2 atom stereocenters. The van der Waals surface area contributed by atoms with Crippen LogP contribution in [0.5, 0.6) is 11.5 Å². The fourth-order valence-corrected chi connectivity index (χ4v) is 7.15. The Balaban J connectivity index is 1.15. The molecule has 8 heteroatoms. The molecular formula is C34H26Cl2N2O4. The first kappa shape index (κ1) is 26.7. The van der Waals surface area contributed by atoms with E-state index in [1.165, 1.54) is 6.21 Å². The van der Waals surface area contributed by atoms with Crippen molar-refractivity contribution in [1.82, 2.24) is 5.01 Å². The van der Waals surface area contributed by atoms with Crippen LogP contribution in [-0.4, -0.2) is 29.6 Å². The first-order valence-corrected chi connectivity index (χ1v) is 14.6. The molecule has 4 aliphatic rings. The van der Waals surface area contributed by atoms with E-state index in [-0.39, 0.29) is 30.3 Å². The Morgan fingerprint density at radius 3 is 1.90 bits per heavy atom. The van der Waals surface area contributed by atoms with Crippen LogP contribution in [0.4, 0.5) is 0 Å². The summed E-state index contributed by atoms with van der Waals surface area (Å²) in [6.07, 6.45) is 1.53. The van der Waals surface area contributed by atoms with Gasteiger partial charge in [-0.1, -0.05) is 77.8 Å². The highest BCUT2D eigenvalue weighted by Crippen LogP contribution is 2.61. The molecule has 0 unspecified atom stereocenters. The Bertz CT molecular complexity index is 1650. The van der Waals surface area contributed by atoms with Gasteiger partial charge in [0.25, 0.3) is 11.8 Å². The quantitative estimate of drug-likeness (QED) is 0.167. The van der Waals surface area contributed by atoms with Crippen molar-refractivity contribution in [2.24, 2.45) is 16.9 Å². The molecule has 1 fully saturated rings. The van der Waals surface area contributed by atoms with Crippen LogP contribution in [0.2, 0.25) is 10.0 Å². The number of rotatable bonds is 7. The first-order valence-electron chi connectivity index (χ1n) is 13.9. The maximum atomic E-state index is 13.8. The van der Waals surface area contributed by atoms with Crippen LogP contribution < -0.4 is 9.47 Å². The summed E-state index contributed by atoms with van der Waals surface area (Å²) >= 11 is 12.3. The molecule has 1 saturated heterocycles. The number of hydrogen-bond donors (Lipinski definition) is 0. The van der Waals surface area contributed by atoms with E-state index in [9.17, 15) is 9.59 Å². The zero-order valence-corrected chi connectivity index (χ0v) is 24.2. The van der Waals surface area contributed by atoms with Crippen molar-refractivity contribution in [2.45, 2.75) is 25.4 Å². The number of imide groups is 1. The largest absolute Gasteiger partial charge is 0.490 e. The zero-order chi connectivity index (χ0) is 29.0. The van der Waals surface area contributed by atoms with E-state index < -0.39 is 11.8 Å². The average Bonchev–Trinajstić information content (AvgIpc) is 3.26. The summed E-state index contributed by atoms with van der Waals surface area (Å²) in [6.45, 7) is 2.54. The van der Waals surface area contributed by atoms with Gasteiger partial charge in [0.05, 0.1) is 24.7 Å². The molecule has 0 radical (unpaired) electrons. The minimum absolute atomic E-state index is 0.167. The molecule has 0 N–H and O–H groups in total. The van der Waals surface area contributed by atoms with Crippen LogP contribution in [0.3, 0.4) is 0 Å². The fourth-order valence-electron chi connectivity index (χ4n) is 6.69. The molecule has 0 spiro atoms. The lowest BCUT2D eigenvalue weighted by Crippen LogP contribution is -2.41. The van der Waals surface area contributed by atoms with E-state index in [1.54, 1.807) is 30.3 Å². The Morgan fingerprint density at radius 2 is 1.36 bits per heavy atom. The molecule has 1 heterocycles. The van der Waals surface area contributed by atoms with E-state index >= 15 is 0 Å². The first-order chi connectivity index (χ1) is 20.5. The second-order valence-corrected chi connectivity index (χ2v) is 11.5. The van der Waals surface area contributed by atoms with E-state index in [0.29, 0.717) is 33.7 Å². The molecule has 1 aliphatic heterocycles. The molecule has 2 amide bonds. The second kappa shape index (κ2) is 10.6. The van der Waals surface area contributed by atoms with Crippen LogP contribution in [0.1, 0.15) is 52.1 Å². The van der Waals surface area contributed by atoms with E-state index in [2.05, 4.69) is 29.4 Å². The van der Waals surface area contributed by atoms with Crippen LogP contribution >= 0.6 is 23.2 Å². The van der Waals surface area contributed by atoms with Crippen LogP contribution in [0.15, 0.2) is 90.0 Å². The summed E-state index contributed by atoms with van der Waals surface area (Å²) in [5, 5.41) is 6.57. The Hall–Kier alpha value is -4.13. The van der Waals surface area contributed by atoms with Gasteiger partial charge in [0, 0.05) is 27.4 Å². The standard InChI is InChI=1S/C34H26Cl2N2O4/c1-2-41-28-15-19(11-14-27(28)42-18-20-12-13-21(35)16-26(20)36)17-37-38-33(39)31-29-22-7-3-4-8-23(22)30(32(31)34(38)40)25-10-6-5-9-24(25)29/h3-17,29-32H,2,18H2,1H3/b37-17-/t29?,30?,31-,32+. The lowest BCUT2D eigenvalue weighted by atomic mass is 9.55. The topological polar surface area (TPSA) is 68.2 Å². The predicted octanol–water partition coefficient (Wildman–Crippen LogP) is 7.20. The van der Waals surface area contributed by atoms with Crippen molar-refractivity contribution >= 4 is 41.2 Å². The summed E-state index contributed by atoms with van der Waals surface area (Å²) in [5.41, 5.74) is 5.98. The molecule has 210 valence electrons. The highest BCUT2D eigenvalue weighted by Gasteiger charge is 2.61. The van der Waals surface area contributed by atoms with Crippen molar-refractivity contribution in [3.63, 3.8) is 0 Å². The van der Waals surface area contributed by atoms with Crippen molar-refractivity contribution in [2.75, 3.05) is 6.61 Å². The zero-order valence-electron chi connectivity index (χ0n) is 22.7. The third-order valence-corrected chi connectivity index (χ3v) is 9.00. The molecular weight excluding hydrogens is 571 g/mol. The number of carbonyl (C=O) groups is 2. The molecule has 0 aromatic heterocycles. The van der Waals surface area contributed by atoms with Gasteiger partial charge in [-0.25, -0.2) is 0 Å². The molecule has 4 aromatic carbocycles. The normalized spacial score (nSPS) is 21.8. The number of carbonyl (C=O) groups excluding carboxylic acids is 2. The Labute approximate surface area is 253 Å². The molecule has 8 rings (SSSR count). The van der Waals surface area contributed by atoms with Crippen LogP contribution in [-0.2, 0) is 16.2 Å². The Morgan fingerprint density at radius 1 is 0.762 bits per heavy atom. The molecule has 2 bridgehead atoms. The van der Waals surface area contributed by atoms with Gasteiger partial charge in [-0.2, -0.15) is 10.1 Å². The summed E-state index contributed by atoms with van der Waals surface area (Å²) in [4.78, 5) is 27.6. The summed E-state index contributed by atoms with van der Waals surface area (Å²) in [5.74, 6) is -0.749. The van der Waals surface area contributed by atoms with Gasteiger partial charge in [0.15, 0.2) is 11.5 Å². The smallest absolute Gasteiger partial charge is 0.254 e. The summed E-state index contributed by atoms with van der Waals surface area (Å²) in [7, 11) is 0. The number of nitrogens with zero attached hydrogens (tertiary/aromatic N) is 2.